The smallest absolute Gasteiger partial charge is 0.340 e. The zero-order chi connectivity index (χ0) is 17.0. The minimum atomic E-state index is -0.997. The van der Waals surface area contributed by atoms with Gasteiger partial charge < -0.3 is 9.64 Å². The van der Waals surface area contributed by atoms with Gasteiger partial charge in [-0.3, -0.25) is 4.79 Å². The van der Waals surface area contributed by atoms with Gasteiger partial charge in [0.1, 0.15) is 5.82 Å². The Hall–Kier alpha value is -2.21. The minimum Gasteiger partial charge on any atom is -0.449 e. The maximum atomic E-state index is 13.2. The van der Waals surface area contributed by atoms with E-state index in [1.807, 2.05) is 6.07 Å². The summed E-state index contributed by atoms with van der Waals surface area (Å²) in [7, 11) is 1.60. The Balaban J connectivity index is 2.09. The summed E-state index contributed by atoms with van der Waals surface area (Å²) in [5, 5.41) is 0. The van der Waals surface area contributed by atoms with E-state index in [1.54, 1.807) is 31.3 Å². The van der Waals surface area contributed by atoms with Crippen molar-refractivity contribution in [1.82, 2.24) is 0 Å². The van der Waals surface area contributed by atoms with Gasteiger partial charge in [0.2, 0.25) is 0 Å². The van der Waals surface area contributed by atoms with E-state index in [4.69, 9.17) is 4.74 Å². The standard InChI is InChI=1S/C17H15BrFNO3/c1-11(16(21)20(2)13-6-4-3-5-7-13)23-17(22)14-10-12(19)8-9-15(14)18/h3-11H,1-2H3. The molecule has 4 nitrogen and oxygen atoms in total. The number of carbonyl (C=O) groups is 2. The van der Waals surface area contributed by atoms with Crippen LogP contribution in [-0.4, -0.2) is 25.0 Å². The first-order valence-corrected chi connectivity index (χ1v) is 7.68. The van der Waals surface area contributed by atoms with Crippen molar-refractivity contribution < 1.29 is 18.7 Å². The second-order valence-electron chi connectivity index (χ2n) is 4.90. The summed E-state index contributed by atoms with van der Waals surface area (Å²) in [4.78, 5) is 25.8. The lowest BCUT2D eigenvalue weighted by Crippen LogP contribution is -2.37. The third kappa shape index (κ3) is 4.16. The van der Waals surface area contributed by atoms with E-state index in [0.29, 0.717) is 10.2 Å². The molecular weight excluding hydrogens is 365 g/mol. The molecule has 0 aromatic heterocycles. The van der Waals surface area contributed by atoms with Gasteiger partial charge in [-0.2, -0.15) is 0 Å². The predicted octanol–water partition coefficient (Wildman–Crippen LogP) is 3.80. The normalized spacial score (nSPS) is 11.7. The van der Waals surface area contributed by atoms with Crippen molar-refractivity contribution in [3.63, 3.8) is 0 Å². The maximum Gasteiger partial charge on any atom is 0.340 e. The van der Waals surface area contributed by atoms with E-state index in [0.717, 1.165) is 6.07 Å². The average Bonchev–Trinajstić information content (AvgIpc) is 2.56. The zero-order valence-electron chi connectivity index (χ0n) is 12.6. The number of hydrogen-bond donors (Lipinski definition) is 0. The number of hydrogen-bond acceptors (Lipinski definition) is 3. The summed E-state index contributed by atoms with van der Waals surface area (Å²) >= 11 is 3.16. The molecule has 0 heterocycles. The molecule has 0 spiro atoms. The van der Waals surface area contributed by atoms with Crippen molar-refractivity contribution in [2.45, 2.75) is 13.0 Å². The molecule has 0 aliphatic carbocycles. The zero-order valence-corrected chi connectivity index (χ0v) is 14.2. The second-order valence-corrected chi connectivity index (χ2v) is 5.76. The van der Waals surface area contributed by atoms with Crippen LogP contribution >= 0.6 is 15.9 Å². The number of carbonyl (C=O) groups excluding carboxylic acids is 2. The third-order valence-electron chi connectivity index (χ3n) is 3.25. The first kappa shape index (κ1) is 17.1. The summed E-state index contributed by atoms with van der Waals surface area (Å²) in [6.45, 7) is 1.48. The molecule has 0 saturated carbocycles. The van der Waals surface area contributed by atoms with E-state index >= 15 is 0 Å². The van der Waals surface area contributed by atoms with Gasteiger partial charge >= 0.3 is 5.97 Å². The van der Waals surface area contributed by atoms with Crippen LogP contribution in [0.2, 0.25) is 0 Å². The second kappa shape index (κ2) is 7.37. The van der Waals surface area contributed by atoms with Crippen LogP contribution in [0.1, 0.15) is 17.3 Å². The number of ether oxygens (including phenoxy) is 1. The summed E-state index contributed by atoms with van der Waals surface area (Å²) < 4.78 is 18.8. The third-order valence-corrected chi connectivity index (χ3v) is 3.95. The van der Waals surface area contributed by atoms with Crippen LogP contribution in [0.4, 0.5) is 10.1 Å². The highest BCUT2D eigenvalue weighted by Gasteiger charge is 2.24. The van der Waals surface area contributed by atoms with Crippen molar-refractivity contribution >= 4 is 33.5 Å². The Kier molecular flexibility index (Phi) is 5.50. The number of anilines is 1. The lowest BCUT2D eigenvalue weighted by Gasteiger charge is -2.21. The molecule has 23 heavy (non-hydrogen) atoms. The molecule has 0 aliphatic rings. The van der Waals surface area contributed by atoms with Crippen LogP contribution in [0.3, 0.4) is 0 Å². The average molecular weight is 380 g/mol. The van der Waals surface area contributed by atoms with Gasteiger partial charge in [-0.25, -0.2) is 9.18 Å². The van der Waals surface area contributed by atoms with Gasteiger partial charge in [0.15, 0.2) is 6.10 Å². The predicted molar refractivity (Wildman–Crippen MR) is 88.8 cm³/mol. The van der Waals surface area contributed by atoms with Crippen molar-refractivity contribution in [2.24, 2.45) is 0 Å². The summed E-state index contributed by atoms with van der Waals surface area (Å²) in [5.74, 6) is -1.70. The van der Waals surface area contributed by atoms with Crippen LogP contribution in [0.5, 0.6) is 0 Å². The molecule has 0 radical (unpaired) electrons. The van der Waals surface area contributed by atoms with Gasteiger partial charge in [0.25, 0.3) is 5.91 Å². The van der Waals surface area contributed by atoms with E-state index in [9.17, 15) is 14.0 Å². The largest absolute Gasteiger partial charge is 0.449 e. The molecule has 0 bridgehead atoms. The first-order valence-electron chi connectivity index (χ1n) is 6.89. The quantitative estimate of drug-likeness (QED) is 0.759. The fourth-order valence-corrected chi connectivity index (χ4v) is 2.39. The Morgan fingerprint density at radius 1 is 1.17 bits per heavy atom. The molecule has 120 valence electrons. The van der Waals surface area contributed by atoms with Crippen LogP contribution in [0.25, 0.3) is 0 Å². The minimum absolute atomic E-state index is 0.0343. The van der Waals surface area contributed by atoms with E-state index in [1.165, 1.54) is 24.0 Å². The molecular formula is C17H15BrFNO3. The Bertz CT molecular complexity index is 721. The number of esters is 1. The van der Waals surface area contributed by atoms with E-state index in [-0.39, 0.29) is 11.5 Å². The number of rotatable bonds is 4. The van der Waals surface area contributed by atoms with E-state index < -0.39 is 17.9 Å². The molecule has 2 aromatic rings. The molecule has 2 aromatic carbocycles. The van der Waals surface area contributed by atoms with Crippen molar-refractivity contribution in [1.29, 1.82) is 0 Å². The van der Waals surface area contributed by atoms with E-state index in [2.05, 4.69) is 15.9 Å². The number of para-hydroxylation sites is 1. The number of benzene rings is 2. The van der Waals surface area contributed by atoms with Crippen LogP contribution in [-0.2, 0) is 9.53 Å². The fourth-order valence-electron chi connectivity index (χ4n) is 1.98. The number of nitrogens with zero attached hydrogens (tertiary/aromatic N) is 1. The van der Waals surface area contributed by atoms with Crippen LogP contribution in [0.15, 0.2) is 53.0 Å². The topological polar surface area (TPSA) is 46.6 Å². The molecule has 0 fully saturated rings. The van der Waals surface area contributed by atoms with Crippen LogP contribution < -0.4 is 4.90 Å². The lowest BCUT2D eigenvalue weighted by molar-refractivity contribution is -0.126. The fraction of sp³-hybridized carbons (Fsp3) is 0.176. The number of amides is 1. The van der Waals surface area contributed by atoms with Gasteiger partial charge in [0.05, 0.1) is 5.56 Å². The van der Waals surface area contributed by atoms with Gasteiger partial charge in [-0.1, -0.05) is 18.2 Å². The summed E-state index contributed by atoms with van der Waals surface area (Å²) in [6.07, 6.45) is -0.997. The Labute approximate surface area is 142 Å². The summed E-state index contributed by atoms with van der Waals surface area (Å²) in [6, 6.07) is 12.7. The monoisotopic (exact) mass is 379 g/mol. The van der Waals surface area contributed by atoms with Gasteiger partial charge in [-0.15, -0.1) is 0 Å². The van der Waals surface area contributed by atoms with Crippen LogP contribution in [0, 0.1) is 5.82 Å². The van der Waals surface area contributed by atoms with Gasteiger partial charge in [-0.05, 0) is 53.2 Å². The SMILES string of the molecule is CC(OC(=O)c1cc(F)ccc1Br)C(=O)N(C)c1ccccc1. The molecule has 6 heteroatoms. The first-order chi connectivity index (χ1) is 10.9. The molecule has 0 aliphatic heterocycles. The molecule has 2 rings (SSSR count). The van der Waals surface area contributed by atoms with Crippen molar-refractivity contribution in [3.05, 3.63) is 64.4 Å². The maximum absolute atomic E-state index is 13.2. The van der Waals surface area contributed by atoms with Gasteiger partial charge in [0, 0.05) is 17.2 Å². The highest BCUT2D eigenvalue weighted by Crippen LogP contribution is 2.20. The number of halogens is 2. The highest BCUT2D eigenvalue weighted by molar-refractivity contribution is 9.10. The van der Waals surface area contributed by atoms with Crippen molar-refractivity contribution in [3.8, 4) is 0 Å². The Morgan fingerprint density at radius 3 is 2.48 bits per heavy atom. The molecule has 0 N–H and O–H groups in total. The Morgan fingerprint density at radius 2 is 1.83 bits per heavy atom. The van der Waals surface area contributed by atoms with Crippen molar-refractivity contribution in [2.75, 3.05) is 11.9 Å². The molecule has 1 amide bonds. The highest BCUT2D eigenvalue weighted by atomic mass is 79.9. The summed E-state index contributed by atoms with van der Waals surface area (Å²) in [5.41, 5.74) is 0.722. The lowest BCUT2D eigenvalue weighted by atomic mass is 10.2. The molecule has 1 atom stereocenters. The molecule has 0 saturated heterocycles. The number of likely N-dealkylation sites (N-methyl/N-ethyl adjacent to an activating group) is 1. The molecule has 1 unspecified atom stereocenters.